The molecule has 3 rings (SSSR count). The molecule has 1 saturated heterocycles. The molecule has 0 bridgehead atoms. The summed E-state index contributed by atoms with van der Waals surface area (Å²) in [7, 11) is 0. The highest BCUT2D eigenvalue weighted by atomic mass is 16.2. The normalized spacial score (nSPS) is 20.8. The molecule has 1 saturated carbocycles. The molecule has 0 radical (unpaired) electrons. The summed E-state index contributed by atoms with van der Waals surface area (Å²) in [6.07, 6.45) is 8.33. The Morgan fingerprint density at radius 3 is 2.37 bits per heavy atom. The van der Waals surface area contributed by atoms with Gasteiger partial charge in [0.25, 0.3) is 0 Å². The van der Waals surface area contributed by atoms with Crippen molar-refractivity contribution in [1.29, 1.82) is 0 Å². The van der Waals surface area contributed by atoms with Gasteiger partial charge in [-0.3, -0.25) is 4.79 Å². The van der Waals surface area contributed by atoms with Gasteiger partial charge >= 0.3 is 0 Å². The molecule has 0 aromatic heterocycles. The average molecular weight is 258 g/mol. The van der Waals surface area contributed by atoms with Crippen molar-refractivity contribution in [1.82, 2.24) is 0 Å². The van der Waals surface area contributed by atoms with Crippen LogP contribution in [0.4, 0.5) is 11.4 Å². The van der Waals surface area contributed by atoms with Crippen molar-refractivity contribution in [2.24, 2.45) is 0 Å². The summed E-state index contributed by atoms with van der Waals surface area (Å²) >= 11 is 0. The second-order valence-electron chi connectivity index (χ2n) is 5.68. The Hall–Kier alpha value is -1.51. The van der Waals surface area contributed by atoms with Gasteiger partial charge in [-0.2, -0.15) is 0 Å². The topological polar surface area (TPSA) is 32.3 Å². The van der Waals surface area contributed by atoms with Crippen LogP contribution in [0.1, 0.15) is 44.9 Å². The molecule has 2 aliphatic rings. The van der Waals surface area contributed by atoms with Gasteiger partial charge in [-0.1, -0.05) is 19.3 Å². The molecule has 2 fully saturated rings. The molecular formula is C16H22N2O. The van der Waals surface area contributed by atoms with E-state index in [1.807, 2.05) is 4.90 Å². The number of carbonyl (C=O) groups excluding carboxylic acids is 1. The number of nitrogens with zero attached hydrogens (tertiary/aromatic N) is 1. The van der Waals surface area contributed by atoms with E-state index in [0.717, 1.165) is 18.7 Å². The number of hydrogen-bond donors (Lipinski definition) is 1. The number of anilines is 2. The van der Waals surface area contributed by atoms with Gasteiger partial charge in [0.15, 0.2) is 0 Å². The fourth-order valence-corrected chi connectivity index (χ4v) is 3.14. The first-order valence-corrected chi connectivity index (χ1v) is 7.50. The summed E-state index contributed by atoms with van der Waals surface area (Å²) in [5.74, 6) is 0.257. The molecule has 0 unspecified atom stereocenters. The number of rotatable bonds is 3. The van der Waals surface area contributed by atoms with E-state index < -0.39 is 0 Å². The summed E-state index contributed by atoms with van der Waals surface area (Å²) in [4.78, 5) is 13.6. The van der Waals surface area contributed by atoms with E-state index in [9.17, 15) is 4.79 Å². The smallest absolute Gasteiger partial charge is 0.227 e. The number of nitrogens with one attached hydrogen (secondary N) is 1. The monoisotopic (exact) mass is 258 g/mol. The van der Waals surface area contributed by atoms with Gasteiger partial charge in [-0.15, -0.1) is 0 Å². The van der Waals surface area contributed by atoms with E-state index in [2.05, 4.69) is 29.6 Å². The van der Waals surface area contributed by atoms with E-state index in [0.29, 0.717) is 12.5 Å². The highest BCUT2D eigenvalue weighted by Gasteiger charge is 2.21. The molecular weight excluding hydrogens is 236 g/mol. The highest BCUT2D eigenvalue weighted by Crippen LogP contribution is 2.25. The van der Waals surface area contributed by atoms with Crippen LogP contribution in [-0.2, 0) is 4.79 Å². The summed E-state index contributed by atoms with van der Waals surface area (Å²) < 4.78 is 0. The van der Waals surface area contributed by atoms with E-state index in [4.69, 9.17) is 0 Å². The molecule has 1 heterocycles. The molecule has 1 aromatic carbocycles. The predicted molar refractivity (Wildman–Crippen MR) is 78.5 cm³/mol. The Morgan fingerprint density at radius 1 is 1.00 bits per heavy atom. The zero-order chi connectivity index (χ0) is 13.1. The molecule has 1 aliphatic heterocycles. The lowest BCUT2D eigenvalue weighted by molar-refractivity contribution is -0.117. The maximum Gasteiger partial charge on any atom is 0.227 e. The second-order valence-corrected chi connectivity index (χ2v) is 5.68. The van der Waals surface area contributed by atoms with Gasteiger partial charge in [0, 0.05) is 30.4 Å². The molecule has 1 N–H and O–H groups in total. The lowest BCUT2D eigenvalue weighted by Crippen LogP contribution is -2.24. The fourth-order valence-electron chi connectivity index (χ4n) is 3.14. The van der Waals surface area contributed by atoms with Gasteiger partial charge in [0.1, 0.15) is 0 Å². The minimum atomic E-state index is 0.257. The van der Waals surface area contributed by atoms with Gasteiger partial charge in [-0.25, -0.2) is 0 Å². The average Bonchev–Trinajstić information content (AvgIpc) is 2.87. The van der Waals surface area contributed by atoms with Gasteiger partial charge in [0.2, 0.25) is 5.91 Å². The van der Waals surface area contributed by atoms with Crippen LogP contribution < -0.4 is 10.2 Å². The van der Waals surface area contributed by atoms with Crippen molar-refractivity contribution in [3.05, 3.63) is 24.3 Å². The molecule has 1 amide bonds. The number of hydrogen-bond acceptors (Lipinski definition) is 2. The number of carbonyl (C=O) groups is 1. The van der Waals surface area contributed by atoms with Crippen molar-refractivity contribution in [2.75, 3.05) is 16.8 Å². The van der Waals surface area contributed by atoms with E-state index in [1.165, 1.54) is 37.8 Å². The van der Waals surface area contributed by atoms with Crippen molar-refractivity contribution >= 4 is 17.3 Å². The predicted octanol–water partition coefficient (Wildman–Crippen LogP) is 3.56. The summed E-state index contributed by atoms with van der Waals surface area (Å²) in [5, 5.41) is 3.61. The summed E-state index contributed by atoms with van der Waals surface area (Å²) in [6, 6.07) is 8.97. The zero-order valence-corrected chi connectivity index (χ0v) is 11.4. The van der Waals surface area contributed by atoms with Crippen LogP contribution in [0, 0.1) is 0 Å². The Morgan fingerprint density at radius 2 is 1.74 bits per heavy atom. The van der Waals surface area contributed by atoms with Gasteiger partial charge in [-0.05, 0) is 43.5 Å². The van der Waals surface area contributed by atoms with Crippen molar-refractivity contribution in [2.45, 2.75) is 51.0 Å². The molecule has 3 heteroatoms. The molecule has 19 heavy (non-hydrogen) atoms. The van der Waals surface area contributed by atoms with Crippen LogP contribution in [0.25, 0.3) is 0 Å². The quantitative estimate of drug-likeness (QED) is 0.899. The molecule has 102 valence electrons. The number of amides is 1. The molecule has 0 atom stereocenters. The first-order chi connectivity index (χ1) is 9.33. The summed E-state index contributed by atoms with van der Waals surface area (Å²) in [6.45, 7) is 0.869. The molecule has 1 aliphatic carbocycles. The van der Waals surface area contributed by atoms with E-state index >= 15 is 0 Å². The Kier molecular flexibility index (Phi) is 3.72. The van der Waals surface area contributed by atoms with Crippen LogP contribution in [0.3, 0.4) is 0 Å². The third-order valence-corrected chi connectivity index (χ3v) is 4.23. The van der Waals surface area contributed by atoms with Crippen LogP contribution in [-0.4, -0.2) is 18.5 Å². The third-order valence-electron chi connectivity index (χ3n) is 4.23. The SMILES string of the molecule is O=C1CCCN1c1ccc(NC2CCCCC2)cc1. The van der Waals surface area contributed by atoms with Crippen LogP contribution in [0.5, 0.6) is 0 Å². The Balaban J connectivity index is 1.63. The van der Waals surface area contributed by atoms with Crippen LogP contribution in [0.2, 0.25) is 0 Å². The second kappa shape index (κ2) is 5.64. The minimum Gasteiger partial charge on any atom is -0.382 e. The maximum absolute atomic E-state index is 11.7. The third kappa shape index (κ3) is 2.91. The van der Waals surface area contributed by atoms with Crippen LogP contribution in [0.15, 0.2) is 24.3 Å². The lowest BCUT2D eigenvalue weighted by Gasteiger charge is -2.24. The lowest BCUT2D eigenvalue weighted by atomic mass is 9.95. The molecule has 0 spiro atoms. The van der Waals surface area contributed by atoms with Crippen molar-refractivity contribution < 1.29 is 4.79 Å². The van der Waals surface area contributed by atoms with Crippen molar-refractivity contribution in [3.8, 4) is 0 Å². The fraction of sp³-hybridized carbons (Fsp3) is 0.562. The Labute approximate surface area is 115 Å². The minimum absolute atomic E-state index is 0.257. The largest absolute Gasteiger partial charge is 0.382 e. The van der Waals surface area contributed by atoms with E-state index in [-0.39, 0.29) is 5.91 Å². The van der Waals surface area contributed by atoms with Gasteiger partial charge < -0.3 is 10.2 Å². The summed E-state index contributed by atoms with van der Waals surface area (Å²) in [5.41, 5.74) is 2.22. The standard InChI is InChI=1S/C16H22N2O/c19-16-7-4-12-18(16)15-10-8-14(9-11-15)17-13-5-2-1-3-6-13/h8-11,13,17H,1-7,12H2. The molecule has 3 nitrogen and oxygen atoms in total. The first kappa shape index (κ1) is 12.5. The highest BCUT2D eigenvalue weighted by molar-refractivity contribution is 5.95. The molecule has 1 aromatic rings. The zero-order valence-electron chi connectivity index (χ0n) is 11.4. The van der Waals surface area contributed by atoms with Gasteiger partial charge in [0.05, 0.1) is 0 Å². The maximum atomic E-state index is 11.7. The van der Waals surface area contributed by atoms with Crippen LogP contribution >= 0.6 is 0 Å². The number of benzene rings is 1. The first-order valence-electron chi connectivity index (χ1n) is 7.50. The van der Waals surface area contributed by atoms with Crippen molar-refractivity contribution in [3.63, 3.8) is 0 Å². The Bertz CT molecular complexity index is 435. The van der Waals surface area contributed by atoms with E-state index in [1.54, 1.807) is 0 Å².